The number of anilines is 1. The van der Waals surface area contributed by atoms with Crippen molar-refractivity contribution in [3.63, 3.8) is 0 Å². The molecule has 0 spiro atoms. The maximum absolute atomic E-state index is 14.1. The summed E-state index contributed by atoms with van der Waals surface area (Å²) in [6.07, 6.45) is -4.14. The summed E-state index contributed by atoms with van der Waals surface area (Å²) in [4.78, 5) is 25.7. The van der Waals surface area contributed by atoms with Crippen molar-refractivity contribution in [1.82, 2.24) is 15.6 Å². The van der Waals surface area contributed by atoms with Crippen LogP contribution in [0.4, 0.5) is 23.2 Å². The van der Waals surface area contributed by atoms with Gasteiger partial charge in [-0.25, -0.2) is 17.8 Å². The zero-order valence-electron chi connectivity index (χ0n) is 16.2. The smallest absolute Gasteiger partial charge is 0.397 e. The first kappa shape index (κ1) is 24.1. The summed E-state index contributed by atoms with van der Waals surface area (Å²) in [5.41, 5.74) is 3.54. The number of pyridine rings is 1. The molecule has 31 heavy (non-hydrogen) atoms. The van der Waals surface area contributed by atoms with E-state index in [0.29, 0.717) is 18.3 Å². The first-order chi connectivity index (χ1) is 14.2. The molecule has 0 aliphatic rings. The largest absolute Gasteiger partial charge is 0.416 e. The van der Waals surface area contributed by atoms with Gasteiger partial charge in [-0.05, 0) is 38.1 Å². The minimum Gasteiger partial charge on any atom is -0.397 e. The number of sulfone groups is 1. The van der Waals surface area contributed by atoms with Gasteiger partial charge in [0.2, 0.25) is 15.7 Å². The zero-order chi connectivity index (χ0) is 23.6. The van der Waals surface area contributed by atoms with E-state index in [-0.39, 0.29) is 24.3 Å². The molecule has 0 aliphatic heterocycles. The second-order valence-corrected chi connectivity index (χ2v) is 8.58. The number of nitrogens with two attached hydrogens (primary N) is 1. The van der Waals surface area contributed by atoms with E-state index >= 15 is 0 Å². The molecule has 4 N–H and O–H groups in total. The van der Waals surface area contributed by atoms with Crippen LogP contribution < -0.4 is 16.4 Å². The van der Waals surface area contributed by atoms with E-state index in [1.807, 2.05) is 0 Å². The Hall–Kier alpha value is -3.22. The Morgan fingerprint density at radius 2 is 1.84 bits per heavy atom. The molecule has 0 saturated carbocycles. The van der Waals surface area contributed by atoms with Crippen LogP contribution in [0.1, 0.15) is 29.9 Å². The fraction of sp³-hybridized carbons (Fsp3) is 0.278. The van der Waals surface area contributed by atoms with Gasteiger partial charge >= 0.3 is 6.18 Å². The average molecular weight is 462 g/mol. The molecule has 168 valence electrons. The highest BCUT2D eigenvalue weighted by molar-refractivity contribution is 7.91. The molecule has 1 aromatic carbocycles. The number of hydrogen-bond donors (Lipinski definition) is 3. The summed E-state index contributed by atoms with van der Waals surface area (Å²) in [6.45, 7) is 3.06. The van der Waals surface area contributed by atoms with Crippen LogP contribution in [0.5, 0.6) is 0 Å². The number of carbonyl (C=O) groups excluding carboxylic acids is 2. The molecule has 0 atom stereocenters. The lowest BCUT2D eigenvalue weighted by molar-refractivity contribution is -0.137. The van der Waals surface area contributed by atoms with Gasteiger partial charge < -0.3 is 16.4 Å². The van der Waals surface area contributed by atoms with E-state index in [2.05, 4.69) is 15.6 Å². The Balaban J connectivity index is 2.28. The third-order valence-electron chi connectivity index (χ3n) is 3.83. The summed E-state index contributed by atoms with van der Waals surface area (Å²) in [5, 5.41) is 4.79. The van der Waals surface area contributed by atoms with Gasteiger partial charge in [-0.15, -0.1) is 0 Å². The summed E-state index contributed by atoms with van der Waals surface area (Å²) in [6, 6.07) is 1.65. The molecule has 13 heteroatoms. The van der Waals surface area contributed by atoms with Crippen molar-refractivity contribution in [2.45, 2.75) is 35.9 Å². The van der Waals surface area contributed by atoms with E-state index in [1.165, 1.54) is 0 Å². The molecular formula is C18H18F4N4O4S. The molecule has 2 rings (SSSR count). The lowest BCUT2D eigenvalue weighted by Crippen LogP contribution is -2.40. The fourth-order valence-corrected chi connectivity index (χ4v) is 3.73. The Kier molecular flexibility index (Phi) is 6.89. The molecule has 2 amide bonds. The number of nitrogens with zero attached hydrogens (tertiary/aromatic N) is 1. The van der Waals surface area contributed by atoms with Gasteiger partial charge in [0.1, 0.15) is 10.7 Å². The number of aromatic nitrogens is 1. The molecule has 0 fully saturated rings. The molecule has 0 aliphatic carbocycles. The third-order valence-corrected chi connectivity index (χ3v) is 5.58. The van der Waals surface area contributed by atoms with Crippen LogP contribution in [0.2, 0.25) is 0 Å². The first-order valence-corrected chi connectivity index (χ1v) is 10.2. The Bertz CT molecular complexity index is 1120. The van der Waals surface area contributed by atoms with E-state index < -0.39 is 54.7 Å². The van der Waals surface area contributed by atoms with Crippen LogP contribution >= 0.6 is 0 Å². The highest BCUT2D eigenvalue weighted by Gasteiger charge is 2.33. The van der Waals surface area contributed by atoms with Crippen LogP contribution in [0.15, 0.2) is 40.3 Å². The predicted octanol–water partition coefficient (Wildman–Crippen LogP) is 1.91. The van der Waals surface area contributed by atoms with Crippen molar-refractivity contribution in [3.05, 3.63) is 47.5 Å². The van der Waals surface area contributed by atoms with Crippen LogP contribution in [0.25, 0.3) is 0 Å². The van der Waals surface area contributed by atoms with Crippen molar-refractivity contribution < 1.29 is 35.6 Å². The highest BCUT2D eigenvalue weighted by atomic mass is 32.2. The van der Waals surface area contributed by atoms with Crippen molar-refractivity contribution in [3.8, 4) is 0 Å². The lowest BCUT2D eigenvalue weighted by atomic mass is 10.2. The second-order valence-electron chi connectivity index (χ2n) is 6.66. The van der Waals surface area contributed by atoms with Gasteiger partial charge in [0.25, 0.3) is 5.91 Å². The van der Waals surface area contributed by atoms with E-state index in [1.54, 1.807) is 13.8 Å². The number of benzene rings is 1. The third kappa shape index (κ3) is 5.69. The van der Waals surface area contributed by atoms with Gasteiger partial charge in [0.15, 0.2) is 5.69 Å². The molecular weight excluding hydrogens is 444 g/mol. The van der Waals surface area contributed by atoms with E-state index in [4.69, 9.17) is 5.73 Å². The van der Waals surface area contributed by atoms with Gasteiger partial charge in [0.05, 0.1) is 22.7 Å². The number of carbonyl (C=O) groups is 2. The monoisotopic (exact) mass is 462 g/mol. The van der Waals surface area contributed by atoms with Gasteiger partial charge in [-0.2, -0.15) is 13.2 Å². The molecule has 1 aromatic heterocycles. The van der Waals surface area contributed by atoms with Gasteiger partial charge in [0, 0.05) is 12.2 Å². The average Bonchev–Trinajstić information content (AvgIpc) is 2.64. The number of hydrogen-bond acceptors (Lipinski definition) is 6. The van der Waals surface area contributed by atoms with Gasteiger partial charge in [-0.3, -0.25) is 9.59 Å². The summed E-state index contributed by atoms with van der Waals surface area (Å²) < 4.78 is 77.3. The van der Waals surface area contributed by atoms with Crippen LogP contribution in [-0.4, -0.2) is 37.8 Å². The standard InChI is InChI=1S/C18H18F4N4O4S/c1-9(2)26-15(27)8-25-17(28)16-13(23)6-11(7-24-16)31(29,30)14-4-3-10(5-12(14)19)18(20,21)22/h3-7,9H,8,23H2,1-2H3,(H,25,28)(H,26,27). The zero-order valence-corrected chi connectivity index (χ0v) is 17.1. The van der Waals surface area contributed by atoms with E-state index in [0.717, 1.165) is 6.07 Å². The second kappa shape index (κ2) is 8.88. The topological polar surface area (TPSA) is 131 Å². The summed E-state index contributed by atoms with van der Waals surface area (Å²) in [7, 11) is -4.62. The number of rotatable bonds is 6. The summed E-state index contributed by atoms with van der Waals surface area (Å²) >= 11 is 0. The fourth-order valence-electron chi connectivity index (χ4n) is 2.44. The first-order valence-electron chi connectivity index (χ1n) is 8.68. The minimum atomic E-state index is -4.85. The Labute approximate surface area is 174 Å². The maximum atomic E-state index is 14.1. The van der Waals surface area contributed by atoms with Crippen molar-refractivity contribution in [2.75, 3.05) is 12.3 Å². The van der Waals surface area contributed by atoms with Crippen LogP contribution in [0.3, 0.4) is 0 Å². The number of nitrogens with one attached hydrogen (secondary N) is 2. The number of alkyl halides is 3. The molecule has 1 heterocycles. The molecule has 0 unspecified atom stereocenters. The number of halogens is 4. The minimum absolute atomic E-state index is 0.0632. The Morgan fingerprint density at radius 1 is 1.19 bits per heavy atom. The van der Waals surface area contributed by atoms with Crippen molar-refractivity contribution in [2.24, 2.45) is 0 Å². The van der Waals surface area contributed by atoms with Crippen LogP contribution in [0, 0.1) is 5.82 Å². The lowest BCUT2D eigenvalue weighted by Gasteiger charge is -2.12. The normalized spacial score (nSPS) is 12.0. The molecule has 0 saturated heterocycles. The highest BCUT2D eigenvalue weighted by Crippen LogP contribution is 2.32. The molecule has 8 nitrogen and oxygen atoms in total. The SMILES string of the molecule is CC(C)NC(=O)CNC(=O)c1ncc(S(=O)(=O)c2ccc(C(F)(F)F)cc2F)cc1N. The summed E-state index contributed by atoms with van der Waals surface area (Å²) in [5.74, 6) is -2.94. The Morgan fingerprint density at radius 3 is 2.35 bits per heavy atom. The quantitative estimate of drug-likeness (QED) is 0.562. The molecule has 0 radical (unpaired) electrons. The van der Waals surface area contributed by atoms with Crippen LogP contribution in [-0.2, 0) is 20.8 Å². The molecule has 2 aromatic rings. The van der Waals surface area contributed by atoms with Gasteiger partial charge in [-0.1, -0.05) is 0 Å². The number of amides is 2. The van der Waals surface area contributed by atoms with E-state index in [9.17, 15) is 35.6 Å². The number of nitrogen functional groups attached to an aromatic ring is 1. The van der Waals surface area contributed by atoms with Crippen molar-refractivity contribution >= 4 is 27.3 Å². The van der Waals surface area contributed by atoms with Crippen molar-refractivity contribution in [1.29, 1.82) is 0 Å². The molecule has 0 bridgehead atoms. The maximum Gasteiger partial charge on any atom is 0.416 e. The predicted molar refractivity (Wildman–Crippen MR) is 101 cm³/mol.